The summed E-state index contributed by atoms with van der Waals surface area (Å²) in [7, 11) is 0. The SMILES string of the molecule is CC1=NN(c2cc(C)ccc2C)C(=O)C1CC(=O)O. The summed E-state index contributed by atoms with van der Waals surface area (Å²) in [4.78, 5) is 23.0. The van der Waals surface area contributed by atoms with Gasteiger partial charge in [0.05, 0.1) is 18.0 Å². The number of carbonyl (C=O) groups excluding carboxylic acids is 1. The molecule has 5 heteroatoms. The van der Waals surface area contributed by atoms with Crippen LogP contribution in [0.3, 0.4) is 0 Å². The summed E-state index contributed by atoms with van der Waals surface area (Å²) in [5.74, 6) is -1.92. The van der Waals surface area contributed by atoms with Crippen molar-refractivity contribution < 1.29 is 14.7 Å². The molecule has 5 nitrogen and oxygen atoms in total. The molecule has 1 aliphatic rings. The molecule has 0 saturated carbocycles. The van der Waals surface area contributed by atoms with Crippen LogP contribution in [0.4, 0.5) is 5.69 Å². The molecule has 19 heavy (non-hydrogen) atoms. The normalized spacial score (nSPS) is 18.7. The predicted molar refractivity (Wildman–Crippen MR) is 72.3 cm³/mol. The van der Waals surface area contributed by atoms with E-state index in [4.69, 9.17) is 5.11 Å². The zero-order chi connectivity index (χ0) is 14.2. The van der Waals surface area contributed by atoms with Crippen LogP contribution in [-0.2, 0) is 9.59 Å². The van der Waals surface area contributed by atoms with E-state index in [9.17, 15) is 9.59 Å². The highest BCUT2D eigenvalue weighted by Crippen LogP contribution is 2.29. The van der Waals surface area contributed by atoms with Crippen molar-refractivity contribution in [2.75, 3.05) is 5.01 Å². The average molecular weight is 260 g/mol. The van der Waals surface area contributed by atoms with Crippen molar-refractivity contribution in [1.29, 1.82) is 0 Å². The zero-order valence-corrected chi connectivity index (χ0v) is 11.2. The van der Waals surface area contributed by atoms with E-state index in [1.54, 1.807) is 6.92 Å². The molecule has 0 fully saturated rings. The van der Waals surface area contributed by atoms with Crippen molar-refractivity contribution in [2.45, 2.75) is 27.2 Å². The smallest absolute Gasteiger partial charge is 0.304 e. The second-order valence-electron chi connectivity index (χ2n) is 4.83. The van der Waals surface area contributed by atoms with Crippen LogP contribution < -0.4 is 5.01 Å². The summed E-state index contributed by atoms with van der Waals surface area (Å²) in [6.45, 7) is 5.53. The lowest BCUT2D eigenvalue weighted by atomic mass is 10.0. The first-order chi connectivity index (χ1) is 8.90. The van der Waals surface area contributed by atoms with Crippen LogP contribution >= 0.6 is 0 Å². The highest BCUT2D eigenvalue weighted by molar-refractivity contribution is 6.16. The number of carbonyl (C=O) groups is 2. The van der Waals surface area contributed by atoms with Gasteiger partial charge in [0.1, 0.15) is 0 Å². The highest BCUT2D eigenvalue weighted by Gasteiger charge is 2.36. The van der Waals surface area contributed by atoms with Crippen molar-refractivity contribution in [3.63, 3.8) is 0 Å². The van der Waals surface area contributed by atoms with Gasteiger partial charge in [0.25, 0.3) is 5.91 Å². The number of amides is 1. The number of hydrazone groups is 1. The quantitative estimate of drug-likeness (QED) is 0.904. The van der Waals surface area contributed by atoms with E-state index in [1.165, 1.54) is 5.01 Å². The van der Waals surface area contributed by atoms with Crippen LogP contribution in [0.1, 0.15) is 24.5 Å². The molecule has 2 rings (SSSR count). The molecule has 1 unspecified atom stereocenters. The van der Waals surface area contributed by atoms with Gasteiger partial charge in [-0.05, 0) is 38.0 Å². The molecule has 1 aromatic rings. The van der Waals surface area contributed by atoms with E-state index >= 15 is 0 Å². The summed E-state index contributed by atoms with van der Waals surface area (Å²) in [5.41, 5.74) is 3.24. The first-order valence-electron chi connectivity index (χ1n) is 6.08. The Hall–Kier alpha value is -2.17. The third-order valence-corrected chi connectivity index (χ3v) is 3.24. The number of hydrogen-bond donors (Lipinski definition) is 1. The molecule has 1 amide bonds. The average Bonchev–Trinajstić information content (AvgIpc) is 2.60. The molecule has 1 atom stereocenters. The standard InChI is InChI=1S/C14H16N2O3/c1-8-4-5-9(2)12(6-8)16-14(19)11(7-13(17)18)10(3)15-16/h4-6,11H,7H2,1-3H3,(H,17,18). The molecule has 1 N–H and O–H groups in total. The van der Waals surface area contributed by atoms with Gasteiger partial charge in [-0.3, -0.25) is 9.59 Å². The number of hydrogen-bond acceptors (Lipinski definition) is 3. The molecule has 0 aliphatic carbocycles. The van der Waals surface area contributed by atoms with Gasteiger partial charge in [-0.1, -0.05) is 12.1 Å². The van der Waals surface area contributed by atoms with E-state index in [2.05, 4.69) is 5.10 Å². The first kappa shape index (κ1) is 13.3. The Bertz CT molecular complexity index is 578. The second-order valence-corrected chi connectivity index (χ2v) is 4.83. The lowest BCUT2D eigenvalue weighted by molar-refractivity contribution is -0.139. The zero-order valence-electron chi connectivity index (χ0n) is 11.2. The van der Waals surface area contributed by atoms with Crippen molar-refractivity contribution in [1.82, 2.24) is 0 Å². The van der Waals surface area contributed by atoms with Gasteiger partial charge in [0.2, 0.25) is 0 Å². The Kier molecular flexibility index (Phi) is 3.38. The Labute approximate surface area is 111 Å². The van der Waals surface area contributed by atoms with Gasteiger partial charge in [-0.25, -0.2) is 0 Å². The lowest BCUT2D eigenvalue weighted by Crippen LogP contribution is -2.29. The number of benzene rings is 1. The van der Waals surface area contributed by atoms with Gasteiger partial charge in [-0.2, -0.15) is 10.1 Å². The van der Waals surface area contributed by atoms with Crippen molar-refractivity contribution in [3.05, 3.63) is 29.3 Å². The van der Waals surface area contributed by atoms with Gasteiger partial charge >= 0.3 is 5.97 Å². The Morgan fingerprint density at radius 2 is 2.05 bits per heavy atom. The number of rotatable bonds is 3. The Morgan fingerprint density at radius 3 is 2.68 bits per heavy atom. The van der Waals surface area contributed by atoms with Gasteiger partial charge in [0, 0.05) is 5.71 Å². The topological polar surface area (TPSA) is 70.0 Å². The number of carboxylic acids is 1. The monoisotopic (exact) mass is 260 g/mol. The van der Waals surface area contributed by atoms with Crippen LogP contribution in [0, 0.1) is 19.8 Å². The number of nitrogens with zero attached hydrogens (tertiary/aromatic N) is 2. The van der Waals surface area contributed by atoms with Crippen LogP contribution in [0.15, 0.2) is 23.3 Å². The highest BCUT2D eigenvalue weighted by atomic mass is 16.4. The molecule has 0 radical (unpaired) electrons. The minimum atomic E-state index is -0.990. The molecule has 1 aliphatic heterocycles. The minimum absolute atomic E-state index is 0.213. The molecular formula is C14H16N2O3. The van der Waals surface area contributed by atoms with Crippen LogP contribution in [0.2, 0.25) is 0 Å². The van der Waals surface area contributed by atoms with Crippen LogP contribution in [0.5, 0.6) is 0 Å². The van der Waals surface area contributed by atoms with Crippen molar-refractivity contribution >= 4 is 23.3 Å². The van der Waals surface area contributed by atoms with Crippen LogP contribution in [-0.4, -0.2) is 22.7 Å². The fraction of sp³-hybridized carbons (Fsp3) is 0.357. The molecule has 1 aromatic carbocycles. The summed E-state index contributed by atoms with van der Waals surface area (Å²) in [5, 5.41) is 14.4. The summed E-state index contributed by atoms with van der Waals surface area (Å²) in [6, 6.07) is 5.77. The molecule has 100 valence electrons. The summed E-state index contributed by atoms with van der Waals surface area (Å²) in [6.07, 6.45) is -0.213. The molecule has 0 saturated heterocycles. The maximum absolute atomic E-state index is 12.3. The fourth-order valence-corrected chi connectivity index (χ4v) is 2.13. The molecule has 1 heterocycles. The van der Waals surface area contributed by atoms with E-state index in [1.807, 2.05) is 32.0 Å². The largest absolute Gasteiger partial charge is 0.481 e. The molecule has 0 bridgehead atoms. The fourth-order valence-electron chi connectivity index (χ4n) is 2.13. The van der Waals surface area contributed by atoms with E-state index in [0.717, 1.165) is 16.8 Å². The molecule has 0 spiro atoms. The summed E-state index contributed by atoms with van der Waals surface area (Å²) < 4.78 is 0. The summed E-state index contributed by atoms with van der Waals surface area (Å²) >= 11 is 0. The third kappa shape index (κ3) is 2.50. The third-order valence-electron chi connectivity index (χ3n) is 3.24. The van der Waals surface area contributed by atoms with E-state index in [-0.39, 0.29) is 12.3 Å². The first-order valence-corrected chi connectivity index (χ1v) is 6.08. The Morgan fingerprint density at radius 1 is 1.37 bits per heavy atom. The van der Waals surface area contributed by atoms with Crippen molar-refractivity contribution in [3.8, 4) is 0 Å². The van der Waals surface area contributed by atoms with Crippen LogP contribution in [0.25, 0.3) is 0 Å². The van der Waals surface area contributed by atoms with Gasteiger partial charge in [-0.15, -0.1) is 0 Å². The molecular weight excluding hydrogens is 244 g/mol. The maximum Gasteiger partial charge on any atom is 0.304 e. The van der Waals surface area contributed by atoms with Gasteiger partial charge < -0.3 is 5.11 Å². The molecule has 0 aromatic heterocycles. The lowest BCUT2D eigenvalue weighted by Gasteiger charge is -2.16. The van der Waals surface area contributed by atoms with Crippen molar-refractivity contribution in [2.24, 2.45) is 11.0 Å². The minimum Gasteiger partial charge on any atom is -0.481 e. The maximum atomic E-state index is 12.3. The predicted octanol–water partition coefficient (Wildman–Crippen LogP) is 2.12. The Balaban J connectivity index is 2.35. The number of aryl methyl sites for hydroxylation is 2. The number of aliphatic carboxylic acids is 1. The number of carboxylic acid groups (broad SMARTS) is 1. The van der Waals surface area contributed by atoms with E-state index in [0.29, 0.717) is 5.71 Å². The van der Waals surface area contributed by atoms with E-state index < -0.39 is 11.9 Å². The van der Waals surface area contributed by atoms with Gasteiger partial charge in [0.15, 0.2) is 0 Å². The second kappa shape index (κ2) is 4.84. The number of anilines is 1.